The number of carbonyl (C=O) groups excluding carboxylic acids is 2. The first-order valence-corrected chi connectivity index (χ1v) is 7.96. The molecular formula is C19H21N3O2. The van der Waals surface area contributed by atoms with Crippen LogP contribution in [0.15, 0.2) is 30.3 Å². The maximum Gasteiger partial charge on any atom is 0.319 e. The number of anilines is 2. The highest BCUT2D eigenvalue weighted by molar-refractivity contribution is 6.06. The van der Waals surface area contributed by atoms with E-state index in [0.29, 0.717) is 12.1 Å². The number of amides is 3. The molecule has 2 aromatic rings. The summed E-state index contributed by atoms with van der Waals surface area (Å²) in [6.07, 6.45) is 0.741. The molecule has 0 atom stereocenters. The number of benzene rings is 2. The van der Waals surface area contributed by atoms with Gasteiger partial charge in [-0.05, 0) is 62.1 Å². The Morgan fingerprint density at radius 2 is 1.75 bits per heavy atom. The van der Waals surface area contributed by atoms with Gasteiger partial charge < -0.3 is 11.1 Å². The topological polar surface area (TPSA) is 75.4 Å². The maximum absolute atomic E-state index is 12.6. The van der Waals surface area contributed by atoms with E-state index in [0.717, 1.165) is 40.0 Å². The van der Waals surface area contributed by atoms with Crippen LogP contribution in [0, 0.1) is 20.8 Å². The minimum Gasteiger partial charge on any atom is -0.351 e. The Labute approximate surface area is 141 Å². The predicted molar refractivity (Wildman–Crippen MR) is 95.7 cm³/mol. The predicted octanol–water partition coefficient (Wildman–Crippen LogP) is 3.31. The molecule has 0 aliphatic carbocycles. The molecule has 0 bridgehead atoms. The zero-order valence-electron chi connectivity index (χ0n) is 14.1. The summed E-state index contributed by atoms with van der Waals surface area (Å²) < 4.78 is 0. The number of nitrogens with zero attached hydrogens (tertiary/aromatic N) is 1. The Morgan fingerprint density at radius 1 is 1.08 bits per heavy atom. The molecule has 0 radical (unpaired) electrons. The van der Waals surface area contributed by atoms with Crippen LogP contribution in [0.25, 0.3) is 0 Å². The van der Waals surface area contributed by atoms with Crippen molar-refractivity contribution >= 4 is 23.3 Å². The number of carbonyl (C=O) groups is 2. The Bertz CT molecular complexity index is 819. The minimum absolute atomic E-state index is 0.116. The second-order valence-corrected chi connectivity index (χ2v) is 6.31. The van der Waals surface area contributed by atoms with Gasteiger partial charge in [-0.25, -0.2) is 4.79 Å². The van der Waals surface area contributed by atoms with Crippen LogP contribution in [-0.4, -0.2) is 18.5 Å². The molecule has 24 heavy (non-hydrogen) atoms. The summed E-state index contributed by atoms with van der Waals surface area (Å²) in [6.45, 7) is 6.50. The van der Waals surface area contributed by atoms with Crippen molar-refractivity contribution in [2.75, 3.05) is 16.8 Å². The number of urea groups is 1. The summed E-state index contributed by atoms with van der Waals surface area (Å²) in [7, 11) is 0. The molecule has 3 rings (SSSR count). The van der Waals surface area contributed by atoms with Gasteiger partial charge in [0, 0.05) is 23.5 Å². The van der Waals surface area contributed by atoms with Crippen molar-refractivity contribution in [2.45, 2.75) is 27.2 Å². The molecule has 1 aliphatic rings. The van der Waals surface area contributed by atoms with Crippen molar-refractivity contribution in [3.8, 4) is 0 Å². The van der Waals surface area contributed by atoms with Crippen LogP contribution in [0.4, 0.5) is 16.2 Å². The average molecular weight is 323 g/mol. The fraction of sp³-hybridized carbons (Fsp3) is 0.263. The van der Waals surface area contributed by atoms with Crippen molar-refractivity contribution in [1.29, 1.82) is 0 Å². The van der Waals surface area contributed by atoms with Gasteiger partial charge in [0.15, 0.2) is 0 Å². The van der Waals surface area contributed by atoms with Crippen molar-refractivity contribution in [2.24, 2.45) is 5.73 Å². The number of fused-ring (bicyclic) bond motifs is 1. The van der Waals surface area contributed by atoms with E-state index >= 15 is 0 Å². The van der Waals surface area contributed by atoms with Gasteiger partial charge in [-0.2, -0.15) is 0 Å². The SMILES string of the molecule is Cc1cc(C)c(C(=O)Nc2ccc3c(c2)CCN3C(N)=O)c(C)c1. The zero-order chi connectivity index (χ0) is 17.4. The van der Waals surface area contributed by atoms with E-state index in [1.165, 1.54) is 0 Å². The van der Waals surface area contributed by atoms with Crippen LogP contribution in [0.3, 0.4) is 0 Å². The van der Waals surface area contributed by atoms with E-state index < -0.39 is 6.03 Å². The molecule has 124 valence electrons. The highest BCUT2D eigenvalue weighted by Crippen LogP contribution is 2.30. The lowest BCUT2D eigenvalue weighted by atomic mass is 9.99. The highest BCUT2D eigenvalue weighted by Gasteiger charge is 2.23. The molecule has 0 aromatic heterocycles. The second kappa shape index (κ2) is 6.00. The van der Waals surface area contributed by atoms with Gasteiger partial charge in [0.1, 0.15) is 0 Å². The molecular weight excluding hydrogens is 302 g/mol. The molecule has 0 spiro atoms. The van der Waals surface area contributed by atoms with Gasteiger partial charge in [0.2, 0.25) is 0 Å². The lowest BCUT2D eigenvalue weighted by molar-refractivity contribution is 0.102. The average Bonchev–Trinajstić information content (AvgIpc) is 2.89. The Kier molecular flexibility index (Phi) is 4.01. The number of rotatable bonds is 2. The van der Waals surface area contributed by atoms with Crippen molar-refractivity contribution < 1.29 is 9.59 Å². The third-order valence-electron chi connectivity index (χ3n) is 4.40. The third-order valence-corrected chi connectivity index (χ3v) is 4.40. The Balaban J connectivity index is 1.85. The quantitative estimate of drug-likeness (QED) is 0.889. The van der Waals surface area contributed by atoms with Crippen LogP contribution < -0.4 is 16.0 Å². The van der Waals surface area contributed by atoms with Gasteiger partial charge in [-0.1, -0.05) is 17.7 Å². The summed E-state index contributed by atoms with van der Waals surface area (Å²) in [5.74, 6) is -0.116. The number of primary amides is 1. The van der Waals surface area contributed by atoms with E-state index in [2.05, 4.69) is 5.32 Å². The lowest BCUT2D eigenvalue weighted by Gasteiger charge is -2.15. The van der Waals surface area contributed by atoms with E-state index in [4.69, 9.17) is 5.73 Å². The van der Waals surface area contributed by atoms with Crippen molar-refractivity contribution in [1.82, 2.24) is 0 Å². The molecule has 1 aliphatic heterocycles. The van der Waals surface area contributed by atoms with E-state index in [9.17, 15) is 9.59 Å². The smallest absolute Gasteiger partial charge is 0.319 e. The molecule has 2 aromatic carbocycles. The van der Waals surface area contributed by atoms with Crippen LogP contribution in [0.1, 0.15) is 32.6 Å². The van der Waals surface area contributed by atoms with Crippen molar-refractivity contribution in [3.05, 3.63) is 58.1 Å². The highest BCUT2D eigenvalue weighted by atomic mass is 16.2. The molecule has 3 amide bonds. The lowest BCUT2D eigenvalue weighted by Crippen LogP contribution is -2.33. The molecule has 3 N–H and O–H groups in total. The molecule has 5 nitrogen and oxygen atoms in total. The largest absolute Gasteiger partial charge is 0.351 e. The zero-order valence-corrected chi connectivity index (χ0v) is 14.1. The first-order chi connectivity index (χ1) is 11.4. The van der Waals surface area contributed by atoms with E-state index in [1.54, 1.807) is 11.0 Å². The molecule has 1 heterocycles. The van der Waals surface area contributed by atoms with Crippen LogP contribution in [0.5, 0.6) is 0 Å². The fourth-order valence-corrected chi connectivity index (χ4v) is 3.44. The van der Waals surface area contributed by atoms with Crippen LogP contribution in [-0.2, 0) is 6.42 Å². The van der Waals surface area contributed by atoms with Crippen molar-refractivity contribution in [3.63, 3.8) is 0 Å². The number of hydrogen-bond donors (Lipinski definition) is 2. The van der Waals surface area contributed by atoms with Gasteiger partial charge in [-0.3, -0.25) is 9.69 Å². The Hall–Kier alpha value is -2.82. The summed E-state index contributed by atoms with van der Waals surface area (Å²) in [4.78, 5) is 25.6. The summed E-state index contributed by atoms with van der Waals surface area (Å²) in [5, 5.41) is 2.96. The number of nitrogens with one attached hydrogen (secondary N) is 1. The number of hydrogen-bond acceptors (Lipinski definition) is 2. The normalized spacial score (nSPS) is 12.9. The molecule has 0 unspecified atom stereocenters. The van der Waals surface area contributed by atoms with E-state index in [-0.39, 0.29) is 5.91 Å². The molecule has 0 saturated heterocycles. The number of nitrogens with two attached hydrogens (primary N) is 1. The fourth-order valence-electron chi connectivity index (χ4n) is 3.44. The Morgan fingerprint density at radius 3 is 2.38 bits per heavy atom. The second-order valence-electron chi connectivity index (χ2n) is 6.31. The maximum atomic E-state index is 12.6. The summed E-state index contributed by atoms with van der Waals surface area (Å²) in [6, 6.07) is 9.12. The summed E-state index contributed by atoms with van der Waals surface area (Å²) >= 11 is 0. The van der Waals surface area contributed by atoms with Crippen LogP contribution in [0.2, 0.25) is 0 Å². The van der Waals surface area contributed by atoms with Gasteiger partial charge >= 0.3 is 6.03 Å². The molecule has 5 heteroatoms. The number of aryl methyl sites for hydroxylation is 3. The van der Waals surface area contributed by atoms with E-state index in [1.807, 2.05) is 45.0 Å². The third kappa shape index (κ3) is 2.85. The summed E-state index contributed by atoms with van der Waals surface area (Å²) in [5.41, 5.74) is 11.7. The van der Waals surface area contributed by atoms with Gasteiger partial charge in [0.25, 0.3) is 5.91 Å². The van der Waals surface area contributed by atoms with Gasteiger partial charge in [-0.15, -0.1) is 0 Å². The minimum atomic E-state index is -0.448. The first-order valence-electron chi connectivity index (χ1n) is 7.96. The van der Waals surface area contributed by atoms with Crippen LogP contribution >= 0.6 is 0 Å². The standard InChI is InChI=1S/C19H21N3O2/c1-11-8-12(2)17(13(3)9-11)18(23)21-15-4-5-16-14(10-15)6-7-22(16)19(20)24/h4-5,8-10H,6-7H2,1-3H3,(H2,20,24)(H,21,23). The molecule has 0 fully saturated rings. The van der Waals surface area contributed by atoms with Gasteiger partial charge in [0.05, 0.1) is 0 Å². The monoisotopic (exact) mass is 323 g/mol. The molecule has 0 saturated carbocycles. The first kappa shape index (κ1) is 16.1.